The normalized spacial score (nSPS) is 11.3. The SMILES string of the molecule is N#Cc1ccc2ccn(S(=O)(=O)c3ccc([N+](=O)[O-])cc3)c2c1. The van der Waals surface area contributed by atoms with Gasteiger partial charge in [-0.1, -0.05) is 6.07 Å². The zero-order chi connectivity index (χ0) is 16.6. The van der Waals surface area contributed by atoms with Crippen molar-refractivity contribution in [2.75, 3.05) is 0 Å². The topological polar surface area (TPSA) is 106 Å². The molecule has 0 unspecified atom stereocenters. The van der Waals surface area contributed by atoms with Gasteiger partial charge >= 0.3 is 0 Å². The molecular formula is C15H9N3O4S. The van der Waals surface area contributed by atoms with Gasteiger partial charge in [0.25, 0.3) is 15.7 Å². The van der Waals surface area contributed by atoms with E-state index in [-0.39, 0.29) is 10.6 Å². The highest BCUT2D eigenvalue weighted by Gasteiger charge is 2.20. The zero-order valence-electron chi connectivity index (χ0n) is 11.6. The number of nitro benzene ring substituents is 1. The van der Waals surface area contributed by atoms with E-state index in [2.05, 4.69) is 0 Å². The fourth-order valence-electron chi connectivity index (χ4n) is 2.24. The van der Waals surface area contributed by atoms with Gasteiger partial charge in [-0.15, -0.1) is 0 Å². The average molecular weight is 327 g/mol. The molecule has 0 aliphatic rings. The summed E-state index contributed by atoms with van der Waals surface area (Å²) in [5.41, 5.74) is 0.534. The van der Waals surface area contributed by atoms with Crippen molar-refractivity contribution < 1.29 is 13.3 Å². The Morgan fingerprint density at radius 1 is 1.09 bits per heavy atom. The predicted molar refractivity (Wildman–Crippen MR) is 82.3 cm³/mol. The van der Waals surface area contributed by atoms with Gasteiger partial charge in [0.15, 0.2) is 0 Å². The molecule has 2 aromatic carbocycles. The van der Waals surface area contributed by atoms with Crippen molar-refractivity contribution in [2.45, 2.75) is 4.90 Å². The van der Waals surface area contributed by atoms with Crippen LogP contribution in [0, 0.1) is 21.4 Å². The fourth-order valence-corrected chi connectivity index (χ4v) is 3.58. The lowest BCUT2D eigenvalue weighted by Gasteiger charge is -2.07. The Bertz CT molecular complexity index is 1060. The molecule has 1 aromatic heterocycles. The molecule has 0 saturated heterocycles. The van der Waals surface area contributed by atoms with E-state index >= 15 is 0 Å². The van der Waals surface area contributed by atoms with Gasteiger partial charge in [-0.3, -0.25) is 10.1 Å². The summed E-state index contributed by atoms with van der Waals surface area (Å²) in [4.78, 5) is 9.99. The molecule has 0 saturated carbocycles. The number of benzene rings is 2. The van der Waals surface area contributed by atoms with Crippen LogP contribution in [0.2, 0.25) is 0 Å². The molecule has 0 aliphatic carbocycles. The van der Waals surface area contributed by atoms with Crippen LogP contribution in [0.15, 0.2) is 59.6 Å². The van der Waals surface area contributed by atoms with Crippen LogP contribution in [0.1, 0.15) is 5.56 Å². The average Bonchev–Trinajstić information content (AvgIpc) is 2.98. The Balaban J connectivity index is 2.16. The van der Waals surface area contributed by atoms with E-state index in [4.69, 9.17) is 5.26 Å². The van der Waals surface area contributed by atoms with E-state index in [0.29, 0.717) is 16.5 Å². The molecular weight excluding hydrogens is 318 g/mol. The number of hydrogen-bond acceptors (Lipinski definition) is 5. The van der Waals surface area contributed by atoms with Gasteiger partial charge in [-0.05, 0) is 30.3 Å². The molecule has 0 N–H and O–H groups in total. The van der Waals surface area contributed by atoms with Crippen molar-refractivity contribution in [3.8, 4) is 6.07 Å². The summed E-state index contributed by atoms with van der Waals surface area (Å²) in [6.45, 7) is 0. The minimum Gasteiger partial charge on any atom is -0.258 e. The van der Waals surface area contributed by atoms with Gasteiger partial charge in [0.05, 0.1) is 27.0 Å². The molecule has 0 radical (unpaired) electrons. The molecule has 0 aliphatic heterocycles. The molecule has 0 bridgehead atoms. The maximum Gasteiger partial charge on any atom is 0.269 e. The van der Waals surface area contributed by atoms with E-state index < -0.39 is 14.9 Å². The van der Waals surface area contributed by atoms with Crippen LogP contribution in [-0.4, -0.2) is 17.3 Å². The first-order valence-corrected chi connectivity index (χ1v) is 7.89. The van der Waals surface area contributed by atoms with Crippen molar-refractivity contribution in [3.63, 3.8) is 0 Å². The van der Waals surface area contributed by atoms with Gasteiger partial charge < -0.3 is 0 Å². The summed E-state index contributed by atoms with van der Waals surface area (Å²) in [5.74, 6) is 0. The first-order chi connectivity index (χ1) is 10.9. The molecule has 0 amide bonds. The van der Waals surface area contributed by atoms with Crippen LogP contribution < -0.4 is 0 Å². The van der Waals surface area contributed by atoms with E-state index in [9.17, 15) is 18.5 Å². The Morgan fingerprint density at radius 3 is 2.39 bits per heavy atom. The standard InChI is InChI=1S/C15H9N3O4S/c16-10-11-1-2-12-7-8-17(15(12)9-11)23(21,22)14-5-3-13(4-6-14)18(19)20/h1-9H. The summed E-state index contributed by atoms with van der Waals surface area (Å²) < 4.78 is 26.5. The van der Waals surface area contributed by atoms with Gasteiger partial charge in [-0.2, -0.15) is 5.26 Å². The van der Waals surface area contributed by atoms with Crippen LogP contribution >= 0.6 is 0 Å². The quantitative estimate of drug-likeness (QED) is 0.543. The summed E-state index contributed by atoms with van der Waals surface area (Å²) >= 11 is 0. The van der Waals surface area contributed by atoms with Crippen molar-refractivity contribution in [3.05, 3.63) is 70.4 Å². The second-order valence-electron chi connectivity index (χ2n) is 4.75. The number of non-ortho nitro benzene ring substituents is 1. The summed E-state index contributed by atoms with van der Waals surface area (Å²) in [5, 5.41) is 20.3. The lowest BCUT2D eigenvalue weighted by atomic mass is 10.2. The van der Waals surface area contributed by atoms with Crippen molar-refractivity contribution in [1.82, 2.24) is 3.97 Å². The Morgan fingerprint density at radius 2 is 1.78 bits per heavy atom. The Labute approximate surface area is 131 Å². The lowest BCUT2D eigenvalue weighted by molar-refractivity contribution is -0.384. The fraction of sp³-hybridized carbons (Fsp3) is 0. The van der Waals surface area contributed by atoms with Gasteiger partial charge in [0.1, 0.15) is 0 Å². The summed E-state index contributed by atoms with van der Waals surface area (Å²) in [7, 11) is -3.91. The highest BCUT2D eigenvalue weighted by Crippen LogP contribution is 2.24. The number of fused-ring (bicyclic) bond motifs is 1. The first kappa shape index (κ1) is 14.7. The van der Waals surface area contributed by atoms with Crippen molar-refractivity contribution >= 4 is 26.6 Å². The lowest BCUT2D eigenvalue weighted by Crippen LogP contribution is -2.11. The monoisotopic (exact) mass is 327 g/mol. The van der Waals surface area contributed by atoms with E-state index in [1.54, 1.807) is 18.2 Å². The number of nitrogens with zero attached hydrogens (tertiary/aromatic N) is 3. The predicted octanol–water partition coefficient (Wildman–Crippen LogP) is 2.66. The maximum atomic E-state index is 12.7. The number of rotatable bonds is 3. The molecule has 23 heavy (non-hydrogen) atoms. The molecule has 0 spiro atoms. The van der Waals surface area contributed by atoms with Crippen molar-refractivity contribution in [1.29, 1.82) is 5.26 Å². The molecule has 7 nitrogen and oxygen atoms in total. The third kappa shape index (κ3) is 2.43. The number of nitro groups is 1. The molecule has 1 heterocycles. The Kier molecular flexibility index (Phi) is 3.35. The number of aromatic nitrogens is 1. The third-order valence-electron chi connectivity index (χ3n) is 3.39. The minimum absolute atomic E-state index is 0.0667. The Hall–Kier alpha value is -3.18. The number of nitriles is 1. The van der Waals surface area contributed by atoms with Crippen LogP contribution in [-0.2, 0) is 10.0 Å². The summed E-state index contributed by atoms with van der Waals surface area (Å²) in [6, 6.07) is 13.0. The number of hydrogen-bond donors (Lipinski definition) is 0. The van der Waals surface area contributed by atoms with E-state index in [0.717, 1.165) is 16.1 Å². The van der Waals surface area contributed by atoms with Gasteiger partial charge in [0.2, 0.25) is 0 Å². The van der Waals surface area contributed by atoms with Gasteiger partial charge in [0, 0.05) is 23.7 Å². The molecule has 114 valence electrons. The first-order valence-electron chi connectivity index (χ1n) is 6.45. The van der Waals surface area contributed by atoms with Crippen LogP contribution in [0.4, 0.5) is 5.69 Å². The molecule has 0 fully saturated rings. The highest BCUT2D eigenvalue weighted by molar-refractivity contribution is 7.90. The minimum atomic E-state index is -3.91. The molecule has 3 rings (SSSR count). The zero-order valence-corrected chi connectivity index (χ0v) is 12.4. The second kappa shape index (κ2) is 5.23. The second-order valence-corrected chi connectivity index (χ2v) is 6.57. The highest BCUT2D eigenvalue weighted by atomic mass is 32.2. The van der Waals surface area contributed by atoms with Gasteiger partial charge in [-0.25, -0.2) is 12.4 Å². The maximum absolute atomic E-state index is 12.7. The molecule has 3 aromatic rings. The van der Waals surface area contributed by atoms with Crippen LogP contribution in [0.25, 0.3) is 10.9 Å². The third-order valence-corrected chi connectivity index (χ3v) is 5.10. The van der Waals surface area contributed by atoms with E-state index in [1.807, 2.05) is 6.07 Å². The van der Waals surface area contributed by atoms with Crippen molar-refractivity contribution in [2.24, 2.45) is 0 Å². The molecule has 8 heteroatoms. The molecule has 0 atom stereocenters. The van der Waals surface area contributed by atoms with Crippen LogP contribution in [0.3, 0.4) is 0 Å². The smallest absolute Gasteiger partial charge is 0.258 e. The van der Waals surface area contributed by atoms with Crippen LogP contribution in [0.5, 0.6) is 0 Å². The summed E-state index contributed by atoms with van der Waals surface area (Å²) in [6.07, 6.45) is 1.39. The largest absolute Gasteiger partial charge is 0.269 e. The van der Waals surface area contributed by atoms with E-state index in [1.165, 1.54) is 24.4 Å².